The van der Waals surface area contributed by atoms with Crippen molar-refractivity contribution < 1.29 is 24.5 Å². The van der Waals surface area contributed by atoms with Gasteiger partial charge in [0.05, 0.1) is 25.4 Å². The zero-order valence-corrected chi connectivity index (χ0v) is 53.9. The molecule has 0 fully saturated rings. The van der Waals surface area contributed by atoms with Gasteiger partial charge in [-0.2, -0.15) is 0 Å². The topological polar surface area (TPSA) is 95.9 Å². The highest BCUT2D eigenvalue weighted by Gasteiger charge is 2.20. The van der Waals surface area contributed by atoms with Crippen LogP contribution in [0.15, 0.2) is 12.2 Å². The first kappa shape index (κ1) is 77.6. The zero-order valence-electron chi connectivity index (χ0n) is 53.9. The Balaban J connectivity index is 3.31. The van der Waals surface area contributed by atoms with Gasteiger partial charge < -0.3 is 20.3 Å². The molecule has 0 aromatic carbocycles. The van der Waals surface area contributed by atoms with Gasteiger partial charge in [-0.05, 0) is 51.4 Å². The molecule has 0 aliphatic carbocycles. The lowest BCUT2D eigenvalue weighted by molar-refractivity contribution is -0.143. The Labute approximate surface area is 495 Å². The van der Waals surface area contributed by atoms with Crippen LogP contribution in [0.1, 0.15) is 418 Å². The number of unbranched alkanes of at least 4 members (excludes halogenated alkanes) is 56. The summed E-state index contributed by atoms with van der Waals surface area (Å²) in [5.74, 6) is -0.0128. The van der Waals surface area contributed by atoms with Crippen molar-refractivity contribution in [2.45, 2.75) is 431 Å². The van der Waals surface area contributed by atoms with Crippen molar-refractivity contribution >= 4 is 11.9 Å². The van der Waals surface area contributed by atoms with E-state index in [1.165, 1.54) is 340 Å². The van der Waals surface area contributed by atoms with E-state index in [0.29, 0.717) is 25.9 Å². The fourth-order valence-corrected chi connectivity index (χ4v) is 11.8. The van der Waals surface area contributed by atoms with E-state index in [1.54, 1.807) is 0 Å². The van der Waals surface area contributed by atoms with Gasteiger partial charge in [-0.1, -0.05) is 366 Å². The van der Waals surface area contributed by atoms with E-state index in [2.05, 4.69) is 31.3 Å². The maximum absolute atomic E-state index is 12.5. The van der Waals surface area contributed by atoms with Crippen molar-refractivity contribution in [2.75, 3.05) is 13.2 Å². The molecule has 6 nitrogen and oxygen atoms in total. The van der Waals surface area contributed by atoms with Gasteiger partial charge >= 0.3 is 5.97 Å². The average molecular weight is 1110 g/mol. The Morgan fingerprint density at radius 3 is 0.899 bits per heavy atom. The summed E-state index contributed by atoms with van der Waals surface area (Å²) < 4.78 is 5.50. The van der Waals surface area contributed by atoms with Crippen molar-refractivity contribution in [3.8, 4) is 0 Å². The highest BCUT2D eigenvalue weighted by atomic mass is 16.5. The van der Waals surface area contributed by atoms with Crippen LogP contribution < -0.4 is 5.32 Å². The molecule has 2 atom stereocenters. The molecule has 1 amide bonds. The normalized spacial score (nSPS) is 12.5. The highest BCUT2D eigenvalue weighted by Crippen LogP contribution is 2.20. The third-order valence-corrected chi connectivity index (χ3v) is 17.3. The average Bonchev–Trinajstić information content (AvgIpc) is 3.45. The molecular weight excluding hydrogens is 971 g/mol. The summed E-state index contributed by atoms with van der Waals surface area (Å²) in [5.41, 5.74) is 0. The fourth-order valence-electron chi connectivity index (χ4n) is 11.8. The minimum atomic E-state index is -0.660. The Kier molecular flexibility index (Phi) is 67.9. The number of amides is 1. The summed E-state index contributed by atoms with van der Waals surface area (Å²) >= 11 is 0. The molecule has 0 aliphatic rings. The highest BCUT2D eigenvalue weighted by molar-refractivity contribution is 5.76. The first-order chi connectivity index (χ1) is 39.0. The number of carbonyl (C=O) groups is 2. The summed E-state index contributed by atoms with van der Waals surface area (Å²) in [5, 5.41) is 23.3. The molecule has 0 aromatic heterocycles. The van der Waals surface area contributed by atoms with E-state index in [-0.39, 0.29) is 18.5 Å². The van der Waals surface area contributed by atoms with Crippen LogP contribution in [0.3, 0.4) is 0 Å². The van der Waals surface area contributed by atoms with Gasteiger partial charge in [-0.25, -0.2) is 0 Å². The molecule has 6 heteroatoms. The van der Waals surface area contributed by atoms with Crippen molar-refractivity contribution in [1.29, 1.82) is 0 Å². The standard InChI is InChI=1S/C73H143NO5/c1-3-5-7-9-11-13-15-17-37-41-45-49-53-57-61-65-71(76)70(69-75)74-72(77)66-62-58-54-50-46-42-39-35-33-31-29-27-25-23-21-19-20-22-24-26-28-30-32-34-36-40-44-48-52-56-60-64-68-79-73(78)67-63-59-55-51-47-43-38-18-16-14-12-10-8-6-4-2/h18,38,70-71,75-76H,3-17,19-37,39-69H2,1-2H3,(H,74,77)/b38-18-. The lowest BCUT2D eigenvalue weighted by Crippen LogP contribution is -2.45. The largest absolute Gasteiger partial charge is 0.466 e. The number of aliphatic hydroxyl groups is 2. The predicted molar refractivity (Wildman–Crippen MR) is 347 cm³/mol. The van der Waals surface area contributed by atoms with E-state index in [4.69, 9.17) is 4.74 Å². The van der Waals surface area contributed by atoms with Gasteiger partial charge in [-0.3, -0.25) is 9.59 Å². The number of ether oxygens (including phenoxy) is 1. The summed E-state index contributed by atoms with van der Waals surface area (Å²) in [4.78, 5) is 24.6. The Bertz CT molecular complexity index is 1190. The molecule has 0 saturated carbocycles. The number of hydrogen-bond donors (Lipinski definition) is 3. The van der Waals surface area contributed by atoms with Gasteiger partial charge in [0.2, 0.25) is 5.91 Å². The fraction of sp³-hybridized carbons (Fsp3) is 0.945. The number of allylic oxidation sites excluding steroid dienone is 2. The van der Waals surface area contributed by atoms with Crippen LogP contribution in [0.5, 0.6) is 0 Å². The van der Waals surface area contributed by atoms with Crippen molar-refractivity contribution in [3.05, 3.63) is 12.2 Å². The second-order valence-electron chi connectivity index (χ2n) is 25.3. The van der Waals surface area contributed by atoms with Gasteiger partial charge in [0.1, 0.15) is 0 Å². The van der Waals surface area contributed by atoms with Gasteiger partial charge in [0.15, 0.2) is 0 Å². The minimum absolute atomic E-state index is 0.0142. The quantitative estimate of drug-likeness (QED) is 0.0320. The van der Waals surface area contributed by atoms with Gasteiger partial charge in [-0.15, -0.1) is 0 Å². The Hall–Kier alpha value is -1.40. The molecule has 3 N–H and O–H groups in total. The van der Waals surface area contributed by atoms with Crippen molar-refractivity contribution in [2.24, 2.45) is 0 Å². The third-order valence-electron chi connectivity index (χ3n) is 17.3. The second-order valence-corrected chi connectivity index (χ2v) is 25.3. The van der Waals surface area contributed by atoms with Crippen LogP contribution in [-0.4, -0.2) is 47.4 Å². The second kappa shape index (κ2) is 69.1. The predicted octanol–water partition coefficient (Wildman–Crippen LogP) is 23.5. The molecule has 470 valence electrons. The summed E-state index contributed by atoms with van der Waals surface area (Å²) in [6.45, 7) is 4.99. The zero-order chi connectivity index (χ0) is 57.1. The van der Waals surface area contributed by atoms with E-state index >= 15 is 0 Å². The van der Waals surface area contributed by atoms with E-state index in [0.717, 1.165) is 44.9 Å². The van der Waals surface area contributed by atoms with Crippen LogP contribution >= 0.6 is 0 Å². The molecule has 0 saturated heterocycles. The maximum atomic E-state index is 12.5. The summed E-state index contributed by atoms with van der Waals surface area (Å²) in [6, 6.07) is -0.537. The molecule has 2 unspecified atom stereocenters. The van der Waals surface area contributed by atoms with Crippen molar-refractivity contribution in [1.82, 2.24) is 5.32 Å². The molecular formula is C73H143NO5. The van der Waals surface area contributed by atoms with Crippen LogP contribution in [0.25, 0.3) is 0 Å². The monoisotopic (exact) mass is 1110 g/mol. The summed E-state index contributed by atoms with van der Waals surface area (Å²) in [7, 11) is 0. The molecule has 0 spiro atoms. The first-order valence-corrected chi connectivity index (χ1v) is 36.4. The number of aliphatic hydroxyl groups excluding tert-OH is 2. The third kappa shape index (κ3) is 65.6. The van der Waals surface area contributed by atoms with Crippen molar-refractivity contribution in [3.63, 3.8) is 0 Å². The minimum Gasteiger partial charge on any atom is -0.466 e. The Morgan fingerprint density at radius 1 is 0.342 bits per heavy atom. The van der Waals surface area contributed by atoms with E-state index < -0.39 is 12.1 Å². The van der Waals surface area contributed by atoms with E-state index in [1.807, 2.05) is 0 Å². The molecule has 0 aromatic rings. The number of rotatable bonds is 69. The smallest absolute Gasteiger partial charge is 0.305 e. The van der Waals surface area contributed by atoms with Crippen LogP contribution in [0.2, 0.25) is 0 Å². The molecule has 0 aliphatic heterocycles. The SMILES string of the molecule is CCCCCCCC/C=C\CCCCCCCC(=O)OCCCCCCCCCCCCCCCCCCCCCCCCCCCCCCCCCCC(=O)NC(CO)C(O)CCCCCCCCCCCCCCCCC. The van der Waals surface area contributed by atoms with E-state index in [9.17, 15) is 19.8 Å². The van der Waals surface area contributed by atoms with Crippen LogP contribution in [-0.2, 0) is 14.3 Å². The van der Waals surface area contributed by atoms with Gasteiger partial charge in [0.25, 0.3) is 0 Å². The lowest BCUT2D eigenvalue weighted by Gasteiger charge is -2.22. The van der Waals surface area contributed by atoms with Crippen LogP contribution in [0.4, 0.5) is 0 Å². The van der Waals surface area contributed by atoms with Crippen LogP contribution in [0, 0.1) is 0 Å². The first-order valence-electron chi connectivity index (χ1n) is 36.4. The number of hydrogen-bond acceptors (Lipinski definition) is 5. The number of nitrogens with one attached hydrogen (secondary N) is 1. The number of carbonyl (C=O) groups excluding carboxylic acids is 2. The molecule has 79 heavy (non-hydrogen) atoms. The lowest BCUT2D eigenvalue weighted by atomic mass is 10.0. The molecule has 0 rings (SSSR count). The molecule has 0 heterocycles. The maximum Gasteiger partial charge on any atom is 0.305 e. The Morgan fingerprint density at radius 2 is 0.595 bits per heavy atom. The summed E-state index contributed by atoms with van der Waals surface area (Å²) in [6.07, 6.45) is 85.6. The molecule has 0 radical (unpaired) electrons. The van der Waals surface area contributed by atoms with Gasteiger partial charge in [0, 0.05) is 12.8 Å². The number of esters is 1. The molecule has 0 bridgehead atoms.